The largest absolute Gasteiger partial charge is 0.379 e. The highest BCUT2D eigenvalue weighted by atomic mass is 19.3. The van der Waals surface area contributed by atoms with Gasteiger partial charge < -0.3 is 5.11 Å². The Morgan fingerprint density at radius 1 is 1.46 bits per heavy atom. The van der Waals surface area contributed by atoms with Crippen LogP contribution in [0.25, 0.3) is 0 Å². The summed E-state index contributed by atoms with van der Waals surface area (Å²) in [5, 5.41) is 9.23. The van der Waals surface area contributed by atoms with Crippen LogP contribution in [-0.2, 0) is 5.60 Å². The van der Waals surface area contributed by atoms with Gasteiger partial charge in [-0.15, -0.1) is 0 Å². The fraction of sp³-hybridized carbons (Fsp3) is 0.375. The molecule has 0 aliphatic rings. The van der Waals surface area contributed by atoms with E-state index in [0.29, 0.717) is 0 Å². The highest BCUT2D eigenvalue weighted by molar-refractivity contribution is 5.18. The van der Waals surface area contributed by atoms with Crippen molar-refractivity contribution in [2.45, 2.75) is 19.0 Å². The van der Waals surface area contributed by atoms with Crippen LogP contribution in [0, 0.1) is 5.82 Å². The first kappa shape index (κ1) is 9.98. The first-order valence-corrected chi connectivity index (χ1v) is 3.56. The van der Waals surface area contributed by atoms with Gasteiger partial charge in [-0.2, -0.15) is 0 Å². The molecule has 1 heterocycles. The molecule has 1 unspecified atom stereocenters. The monoisotopic (exact) mass is 191 g/mol. The van der Waals surface area contributed by atoms with Gasteiger partial charge >= 0.3 is 0 Å². The van der Waals surface area contributed by atoms with Crippen molar-refractivity contribution in [1.29, 1.82) is 0 Å². The maximum Gasteiger partial charge on any atom is 0.270 e. The average molecular weight is 191 g/mol. The second-order valence-corrected chi connectivity index (χ2v) is 2.84. The third kappa shape index (κ3) is 1.98. The van der Waals surface area contributed by atoms with Gasteiger partial charge in [-0.1, -0.05) is 0 Å². The number of hydrogen-bond acceptors (Lipinski definition) is 2. The zero-order chi connectivity index (χ0) is 10.1. The molecule has 1 N–H and O–H groups in total. The molecule has 13 heavy (non-hydrogen) atoms. The molecule has 0 spiro atoms. The zero-order valence-corrected chi connectivity index (χ0v) is 6.84. The molecule has 1 aromatic rings. The number of aliphatic hydroxyl groups is 1. The van der Waals surface area contributed by atoms with E-state index in [1.165, 1.54) is 0 Å². The van der Waals surface area contributed by atoms with Crippen molar-refractivity contribution in [2.75, 3.05) is 0 Å². The van der Waals surface area contributed by atoms with Crippen LogP contribution in [0.4, 0.5) is 13.2 Å². The summed E-state index contributed by atoms with van der Waals surface area (Å²) in [5.74, 6) is -0.751. The Kier molecular flexibility index (Phi) is 2.56. The van der Waals surface area contributed by atoms with Crippen LogP contribution in [0.1, 0.15) is 12.5 Å². The lowest BCUT2D eigenvalue weighted by molar-refractivity contribution is -0.0886. The van der Waals surface area contributed by atoms with E-state index < -0.39 is 17.8 Å². The predicted molar refractivity (Wildman–Crippen MR) is 39.8 cm³/mol. The van der Waals surface area contributed by atoms with Crippen LogP contribution >= 0.6 is 0 Å². The smallest absolute Gasteiger partial charge is 0.270 e. The molecule has 72 valence electrons. The third-order valence-corrected chi connectivity index (χ3v) is 1.71. The molecule has 1 rings (SSSR count). The molecule has 0 saturated heterocycles. The third-order valence-electron chi connectivity index (χ3n) is 1.71. The van der Waals surface area contributed by atoms with Crippen molar-refractivity contribution in [3.63, 3.8) is 0 Å². The van der Waals surface area contributed by atoms with Crippen LogP contribution < -0.4 is 0 Å². The fourth-order valence-corrected chi connectivity index (χ4v) is 0.815. The molecule has 2 nitrogen and oxygen atoms in total. The number of nitrogens with zero attached hydrogens (tertiary/aromatic N) is 1. The average Bonchev–Trinajstić information content (AvgIpc) is 2.04. The SMILES string of the molecule is CC(O)(c1cncc(F)c1)C(F)F. The summed E-state index contributed by atoms with van der Waals surface area (Å²) >= 11 is 0. The summed E-state index contributed by atoms with van der Waals surface area (Å²) in [7, 11) is 0. The number of rotatable bonds is 2. The highest BCUT2D eigenvalue weighted by Crippen LogP contribution is 2.27. The lowest BCUT2D eigenvalue weighted by Gasteiger charge is -2.21. The summed E-state index contributed by atoms with van der Waals surface area (Å²) in [5.41, 5.74) is -2.59. The molecular weight excluding hydrogens is 183 g/mol. The van der Waals surface area contributed by atoms with Crippen LogP contribution in [0.5, 0.6) is 0 Å². The van der Waals surface area contributed by atoms with Gasteiger partial charge in [-0.3, -0.25) is 4.98 Å². The van der Waals surface area contributed by atoms with Crippen molar-refractivity contribution >= 4 is 0 Å². The zero-order valence-electron chi connectivity index (χ0n) is 6.84. The normalized spacial score (nSPS) is 15.8. The Morgan fingerprint density at radius 3 is 2.54 bits per heavy atom. The first-order chi connectivity index (χ1) is 5.94. The van der Waals surface area contributed by atoms with E-state index in [-0.39, 0.29) is 5.56 Å². The van der Waals surface area contributed by atoms with Gasteiger partial charge in [0.05, 0.1) is 6.20 Å². The minimum atomic E-state index is -2.98. The minimum Gasteiger partial charge on any atom is -0.379 e. The van der Waals surface area contributed by atoms with Crippen molar-refractivity contribution in [2.24, 2.45) is 0 Å². The van der Waals surface area contributed by atoms with E-state index in [1.54, 1.807) is 0 Å². The van der Waals surface area contributed by atoms with E-state index in [9.17, 15) is 18.3 Å². The Hall–Kier alpha value is -1.10. The Morgan fingerprint density at radius 2 is 2.08 bits per heavy atom. The van der Waals surface area contributed by atoms with Crippen LogP contribution in [0.2, 0.25) is 0 Å². The number of pyridine rings is 1. The highest BCUT2D eigenvalue weighted by Gasteiger charge is 2.34. The van der Waals surface area contributed by atoms with Gasteiger partial charge in [0.15, 0.2) is 0 Å². The van der Waals surface area contributed by atoms with Gasteiger partial charge in [-0.05, 0) is 13.0 Å². The number of alkyl halides is 2. The second-order valence-electron chi connectivity index (χ2n) is 2.84. The standard InChI is InChI=1S/C8H8F3NO/c1-8(13,7(10)11)5-2-6(9)4-12-3-5/h2-4,7,13H,1H3. The number of halogens is 3. The van der Waals surface area contributed by atoms with E-state index >= 15 is 0 Å². The van der Waals surface area contributed by atoms with Crippen molar-refractivity contribution in [1.82, 2.24) is 4.98 Å². The number of hydrogen-bond donors (Lipinski definition) is 1. The summed E-state index contributed by atoms with van der Waals surface area (Å²) in [6, 6.07) is 0.832. The van der Waals surface area contributed by atoms with Gasteiger partial charge in [0.1, 0.15) is 11.4 Å². The Labute approximate surface area is 73.0 Å². The molecule has 1 atom stereocenters. The van der Waals surface area contributed by atoms with Crippen molar-refractivity contribution in [3.05, 3.63) is 29.8 Å². The topological polar surface area (TPSA) is 33.1 Å². The van der Waals surface area contributed by atoms with Crippen LogP contribution in [-0.4, -0.2) is 16.5 Å². The van der Waals surface area contributed by atoms with Gasteiger partial charge in [0.2, 0.25) is 0 Å². The maximum absolute atomic E-state index is 12.5. The van der Waals surface area contributed by atoms with Gasteiger partial charge in [0, 0.05) is 11.8 Å². The fourth-order valence-electron chi connectivity index (χ4n) is 0.815. The molecule has 0 aromatic carbocycles. The van der Waals surface area contributed by atoms with Crippen LogP contribution in [0.3, 0.4) is 0 Å². The minimum absolute atomic E-state index is 0.234. The van der Waals surface area contributed by atoms with E-state index in [4.69, 9.17) is 0 Å². The lowest BCUT2D eigenvalue weighted by atomic mass is 9.99. The summed E-state index contributed by atoms with van der Waals surface area (Å²) in [6.45, 7) is 0.911. The molecular formula is C8H8F3NO. The molecule has 0 fully saturated rings. The van der Waals surface area contributed by atoms with E-state index in [0.717, 1.165) is 25.4 Å². The molecule has 0 radical (unpaired) electrons. The quantitative estimate of drug-likeness (QED) is 0.771. The van der Waals surface area contributed by atoms with Gasteiger partial charge in [-0.25, -0.2) is 13.2 Å². The first-order valence-electron chi connectivity index (χ1n) is 3.56. The van der Waals surface area contributed by atoms with E-state index in [1.807, 2.05) is 0 Å². The number of aromatic nitrogens is 1. The molecule has 0 bridgehead atoms. The molecule has 5 heteroatoms. The maximum atomic E-state index is 12.5. The summed E-state index contributed by atoms with van der Waals surface area (Å²) in [6.07, 6.45) is -1.09. The van der Waals surface area contributed by atoms with Crippen molar-refractivity contribution in [3.8, 4) is 0 Å². The summed E-state index contributed by atoms with van der Waals surface area (Å²) in [4.78, 5) is 3.36. The predicted octanol–water partition coefficient (Wildman–Crippen LogP) is 1.69. The Balaban J connectivity index is 3.07. The second kappa shape index (κ2) is 3.33. The van der Waals surface area contributed by atoms with Crippen molar-refractivity contribution < 1.29 is 18.3 Å². The molecule has 0 saturated carbocycles. The molecule has 1 aromatic heterocycles. The lowest BCUT2D eigenvalue weighted by Crippen LogP contribution is -2.30. The van der Waals surface area contributed by atoms with E-state index in [2.05, 4.69) is 4.98 Å². The van der Waals surface area contributed by atoms with Gasteiger partial charge in [0.25, 0.3) is 6.43 Å². The molecule has 0 amide bonds. The van der Waals surface area contributed by atoms with Crippen LogP contribution in [0.15, 0.2) is 18.5 Å². The molecule has 0 aliphatic heterocycles. The summed E-state index contributed by atoms with van der Waals surface area (Å²) < 4.78 is 37.0. The molecule has 0 aliphatic carbocycles. The Bertz CT molecular complexity index is 301.